The molecule has 1 aromatic heterocycles. The molecule has 0 aromatic carbocycles. The van der Waals surface area contributed by atoms with Gasteiger partial charge < -0.3 is 9.88 Å². The van der Waals surface area contributed by atoms with Crippen LogP contribution in [-0.2, 0) is 6.54 Å². The van der Waals surface area contributed by atoms with Gasteiger partial charge in [0.05, 0.1) is 0 Å². The van der Waals surface area contributed by atoms with Crippen LogP contribution in [0.2, 0.25) is 0 Å². The molecule has 2 nitrogen and oxygen atoms in total. The summed E-state index contributed by atoms with van der Waals surface area (Å²) in [6.45, 7) is 6.64. The standard InChI is InChI=1S/C16H28N2/c1-3-17-14(2)16-10-12-18(13-16)11-9-15-7-5-4-6-8-15/h10,12-15,17H,3-9,11H2,1-2H3. The molecule has 0 bridgehead atoms. The molecule has 102 valence electrons. The van der Waals surface area contributed by atoms with Gasteiger partial charge in [-0.05, 0) is 37.4 Å². The van der Waals surface area contributed by atoms with E-state index in [1.807, 2.05) is 0 Å². The van der Waals surface area contributed by atoms with Crippen LogP contribution in [0.1, 0.15) is 64.0 Å². The molecule has 0 saturated heterocycles. The van der Waals surface area contributed by atoms with Crippen LogP contribution >= 0.6 is 0 Å². The van der Waals surface area contributed by atoms with E-state index < -0.39 is 0 Å². The Morgan fingerprint density at radius 2 is 2.11 bits per heavy atom. The monoisotopic (exact) mass is 248 g/mol. The minimum atomic E-state index is 0.478. The highest BCUT2D eigenvalue weighted by Crippen LogP contribution is 2.26. The van der Waals surface area contributed by atoms with Crippen LogP contribution in [0.25, 0.3) is 0 Å². The first-order chi connectivity index (χ1) is 8.79. The molecule has 2 heteroatoms. The zero-order valence-electron chi connectivity index (χ0n) is 12.0. The molecule has 1 atom stereocenters. The second kappa shape index (κ2) is 6.98. The van der Waals surface area contributed by atoms with Gasteiger partial charge in [-0.15, -0.1) is 0 Å². The lowest BCUT2D eigenvalue weighted by molar-refractivity contribution is 0.324. The van der Waals surface area contributed by atoms with E-state index in [-0.39, 0.29) is 0 Å². The zero-order valence-corrected chi connectivity index (χ0v) is 12.0. The van der Waals surface area contributed by atoms with Gasteiger partial charge in [-0.1, -0.05) is 39.0 Å². The molecule has 1 N–H and O–H groups in total. The number of hydrogen-bond donors (Lipinski definition) is 1. The fraction of sp³-hybridized carbons (Fsp3) is 0.750. The number of nitrogens with zero attached hydrogens (tertiary/aromatic N) is 1. The second-order valence-corrected chi connectivity index (χ2v) is 5.75. The highest BCUT2D eigenvalue weighted by Gasteiger charge is 2.13. The maximum atomic E-state index is 3.47. The van der Waals surface area contributed by atoms with E-state index in [2.05, 4.69) is 42.2 Å². The van der Waals surface area contributed by atoms with Crippen molar-refractivity contribution in [3.05, 3.63) is 24.0 Å². The van der Waals surface area contributed by atoms with Crippen molar-refractivity contribution >= 4 is 0 Å². The smallest absolute Gasteiger partial charge is 0.0306 e. The van der Waals surface area contributed by atoms with E-state index in [1.54, 1.807) is 0 Å². The molecule has 1 aromatic rings. The lowest BCUT2D eigenvalue weighted by Gasteiger charge is -2.21. The maximum Gasteiger partial charge on any atom is 0.0306 e. The summed E-state index contributed by atoms with van der Waals surface area (Å²) < 4.78 is 2.37. The normalized spacial score (nSPS) is 19.0. The molecular weight excluding hydrogens is 220 g/mol. The SMILES string of the molecule is CCNC(C)c1ccn(CCC2CCCCC2)c1. The van der Waals surface area contributed by atoms with Crippen molar-refractivity contribution in [1.29, 1.82) is 0 Å². The van der Waals surface area contributed by atoms with Crippen molar-refractivity contribution in [1.82, 2.24) is 9.88 Å². The predicted molar refractivity (Wildman–Crippen MR) is 77.7 cm³/mol. The molecule has 1 heterocycles. The van der Waals surface area contributed by atoms with Gasteiger partial charge in [-0.2, -0.15) is 0 Å². The third-order valence-corrected chi connectivity index (χ3v) is 4.30. The van der Waals surface area contributed by atoms with Crippen LogP contribution in [-0.4, -0.2) is 11.1 Å². The lowest BCUT2D eigenvalue weighted by Crippen LogP contribution is -2.17. The molecule has 0 radical (unpaired) electrons. The third kappa shape index (κ3) is 3.88. The number of hydrogen-bond acceptors (Lipinski definition) is 1. The van der Waals surface area contributed by atoms with Crippen molar-refractivity contribution in [3.8, 4) is 0 Å². The molecule has 1 unspecified atom stereocenters. The summed E-state index contributed by atoms with van der Waals surface area (Å²) in [4.78, 5) is 0. The van der Waals surface area contributed by atoms with Gasteiger partial charge in [-0.3, -0.25) is 0 Å². The van der Waals surface area contributed by atoms with E-state index in [1.165, 1.54) is 50.6 Å². The van der Waals surface area contributed by atoms with Gasteiger partial charge in [0, 0.05) is 25.0 Å². The number of aromatic nitrogens is 1. The van der Waals surface area contributed by atoms with Gasteiger partial charge in [0.1, 0.15) is 0 Å². The van der Waals surface area contributed by atoms with Crippen LogP contribution in [0, 0.1) is 5.92 Å². The van der Waals surface area contributed by atoms with Crippen molar-refractivity contribution in [2.45, 2.75) is 65.0 Å². The minimum absolute atomic E-state index is 0.478. The summed E-state index contributed by atoms with van der Waals surface area (Å²) in [5.41, 5.74) is 1.42. The largest absolute Gasteiger partial charge is 0.354 e. The van der Waals surface area contributed by atoms with Gasteiger partial charge in [0.25, 0.3) is 0 Å². The fourth-order valence-corrected chi connectivity index (χ4v) is 3.09. The topological polar surface area (TPSA) is 17.0 Å². The summed E-state index contributed by atoms with van der Waals surface area (Å²) >= 11 is 0. The maximum absolute atomic E-state index is 3.47. The molecule has 2 rings (SSSR count). The average molecular weight is 248 g/mol. The molecule has 1 fully saturated rings. The first-order valence-corrected chi connectivity index (χ1v) is 7.68. The zero-order chi connectivity index (χ0) is 12.8. The Morgan fingerprint density at radius 1 is 1.33 bits per heavy atom. The van der Waals surface area contributed by atoms with Crippen molar-refractivity contribution in [3.63, 3.8) is 0 Å². The molecule has 0 aliphatic heterocycles. The average Bonchev–Trinajstić information content (AvgIpc) is 2.87. The summed E-state index contributed by atoms with van der Waals surface area (Å²) in [5.74, 6) is 0.982. The Labute approximate surface area is 112 Å². The molecule has 0 spiro atoms. The minimum Gasteiger partial charge on any atom is -0.354 e. The Hall–Kier alpha value is -0.760. The highest BCUT2D eigenvalue weighted by molar-refractivity contribution is 5.14. The molecule has 1 aliphatic carbocycles. The van der Waals surface area contributed by atoms with Crippen LogP contribution in [0.15, 0.2) is 18.5 Å². The van der Waals surface area contributed by atoms with Crippen LogP contribution < -0.4 is 5.32 Å². The van der Waals surface area contributed by atoms with E-state index >= 15 is 0 Å². The molecule has 1 aliphatic rings. The van der Waals surface area contributed by atoms with E-state index in [0.717, 1.165) is 12.5 Å². The predicted octanol–water partition coefficient (Wildman–Crippen LogP) is 4.13. The van der Waals surface area contributed by atoms with Crippen LogP contribution in [0.5, 0.6) is 0 Å². The second-order valence-electron chi connectivity index (χ2n) is 5.75. The van der Waals surface area contributed by atoms with E-state index in [9.17, 15) is 0 Å². The van der Waals surface area contributed by atoms with Gasteiger partial charge in [0.2, 0.25) is 0 Å². The summed E-state index contributed by atoms with van der Waals surface area (Å²) in [7, 11) is 0. The Bertz CT molecular complexity index is 337. The number of aryl methyl sites for hydroxylation is 1. The van der Waals surface area contributed by atoms with E-state index in [0.29, 0.717) is 6.04 Å². The third-order valence-electron chi connectivity index (χ3n) is 4.30. The molecule has 1 saturated carbocycles. The summed E-state index contributed by atoms with van der Waals surface area (Å²) in [6, 6.07) is 2.74. The first kappa shape index (κ1) is 13.7. The molecular formula is C16H28N2. The van der Waals surface area contributed by atoms with Crippen LogP contribution in [0.4, 0.5) is 0 Å². The fourth-order valence-electron chi connectivity index (χ4n) is 3.09. The van der Waals surface area contributed by atoms with Crippen molar-refractivity contribution in [2.75, 3.05) is 6.54 Å². The Morgan fingerprint density at radius 3 is 2.83 bits per heavy atom. The molecule has 18 heavy (non-hydrogen) atoms. The lowest BCUT2D eigenvalue weighted by atomic mass is 9.87. The summed E-state index contributed by atoms with van der Waals surface area (Å²) in [5, 5.41) is 3.47. The number of nitrogens with one attached hydrogen (secondary N) is 1. The van der Waals surface area contributed by atoms with Crippen LogP contribution in [0.3, 0.4) is 0 Å². The van der Waals surface area contributed by atoms with Crippen molar-refractivity contribution in [2.24, 2.45) is 5.92 Å². The molecule has 0 amide bonds. The van der Waals surface area contributed by atoms with Gasteiger partial charge >= 0.3 is 0 Å². The highest BCUT2D eigenvalue weighted by atomic mass is 15.0. The Kier molecular flexibility index (Phi) is 5.30. The quantitative estimate of drug-likeness (QED) is 0.801. The Balaban J connectivity index is 1.79. The summed E-state index contributed by atoms with van der Waals surface area (Å²) in [6.07, 6.45) is 13.2. The first-order valence-electron chi connectivity index (χ1n) is 7.68. The van der Waals surface area contributed by atoms with Crippen molar-refractivity contribution < 1.29 is 0 Å². The number of rotatable bonds is 6. The van der Waals surface area contributed by atoms with E-state index in [4.69, 9.17) is 0 Å². The van der Waals surface area contributed by atoms with Gasteiger partial charge in [0.15, 0.2) is 0 Å². The van der Waals surface area contributed by atoms with Gasteiger partial charge in [-0.25, -0.2) is 0 Å².